The van der Waals surface area contributed by atoms with Crippen molar-refractivity contribution in [3.63, 3.8) is 0 Å². The van der Waals surface area contributed by atoms with E-state index in [2.05, 4.69) is 67.4 Å². The quantitative estimate of drug-likeness (QED) is 0.256. The lowest BCUT2D eigenvalue weighted by Crippen LogP contribution is -2.45. The molecule has 44 heavy (non-hydrogen) atoms. The van der Waals surface area contributed by atoms with Gasteiger partial charge in [0.05, 0.1) is 16.6 Å². The second kappa shape index (κ2) is 11.3. The molecule has 3 atom stereocenters. The Kier molecular flexibility index (Phi) is 7.79. The Balaban J connectivity index is 1.60. The maximum atomic E-state index is 13.7. The van der Waals surface area contributed by atoms with Crippen molar-refractivity contribution in [2.24, 2.45) is 5.92 Å². The first-order valence-electron chi connectivity index (χ1n) is 15.4. The highest BCUT2D eigenvalue weighted by atomic mass is 32.2. The fourth-order valence-electron chi connectivity index (χ4n) is 6.52. The molecular formula is C36H42N4O3S. The lowest BCUT2D eigenvalue weighted by Gasteiger charge is -2.43. The third-order valence-corrected chi connectivity index (χ3v) is 10.1. The van der Waals surface area contributed by atoms with Gasteiger partial charge in [0.1, 0.15) is 6.10 Å². The first-order chi connectivity index (χ1) is 20.8. The Morgan fingerprint density at radius 3 is 2.39 bits per heavy atom. The Hall–Kier alpha value is -3.75. The zero-order valence-corrected chi connectivity index (χ0v) is 27.5. The summed E-state index contributed by atoms with van der Waals surface area (Å²) in [6.07, 6.45) is 0.590. The van der Waals surface area contributed by atoms with Crippen molar-refractivity contribution >= 4 is 16.0 Å². The van der Waals surface area contributed by atoms with Crippen LogP contribution in [0.15, 0.2) is 71.6 Å². The van der Waals surface area contributed by atoms with Crippen molar-refractivity contribution in [1.29, 1.82) is 0 Å². The van der Waals surface area contributed by atoms with Crippen LogP contribution in [-0.4, -0.2) is 29.3 Å². The van der Waals surface area contributed by atoms with E-state index >= 15 is 0 Å². The highest BCUT2D eigenvalue weighted by Crippen LogP contribution is 2.41. The number of hydrogen-bond acceptors (Lipinski definition) is 6. The van der Waals surface area contributed by atoms with E-state index in [4.69, 9.17) is 9.72 Å². The average molecular weight is 611 g/mol. The number of anilines is 1. The van der Waals surface area contributed by atoms with Gasteiger partial charge in [0.15, 0.2) is 0 Å². The van der Waals surface area contributed by atoms with Gasteiger partial charge in [-0.1, -0.05) is 83.1 Å². The average Bonchev–Trinajstić information content (AvgIpc) is 2.93. The summed E-state index contributed by atoms with van der Waals surface area (Å²) in [5, 5.41) is 0. The van der Waals surface area contributed by atoms with Gasteiger partial charge in [-0.2, -0.15) is 4.98 Å². The zero-order chi connectivity index (χ0) is 31.4. The van der Waals surface area contributed by atoms with E-state index in [1.807, 2.05) is 50.2 Å². The van der Waals surface area contributed by atoms with E-state index in [1.165, 1.54) is 11.1 Å². The normalized spacial score (nSPS) is 20.8. The molecule has 2 aliphatic rings. The minimum atomic E-state index is -3.96. The van der Waals surface area contributed by atoms with Crippen molar-refractivity contribution in [2.45, 2.75) is 90.4 Å². The van der Waals surface area contributed by atoms with Gasteiger partial charge < -0.3 is 4.74 Å². The molecule has 1 unspecified atom stereocenters. The molecule has 0 radical (unpaired) electrons. The van der Waals surface area contributed by atoms with Crippen LogP contribution in [0.5, 0.6) is 5.88 Å². The molecule has 0 saturated carbocycles. The zero-order valence-electron chi connectivity index (χ0n) is 26.7. The summed E-state index contributed by atoms with van der Waals surface area (Å²) in [4.78, 5) is 12.0. The Labute approximate surface area is 261 Å². The first-order valence-corrected chi connectivity index (χ1v) is 16.9. The van der Waals surface area contributed by atoms with E-state index in [0.29, 0.717) is 24.0 Å². The second-order valence-corrected chi connectivity index (χ2v) is 15.4. The van der Waals surface area contributed by atoms with Gasteiger partial charge in [-0.15, -0.1) is 0 Å². The molecule has 230 valence electrons. The number of aromatic nitrogens is 2. The molecule has 0 aliphatic carbocycles. The summed E-state index contributed by atoms with van der Waals surface area (Å²) in [6.45, 7) is 16.6. The van der Waals surface area contributed by atoms with Gasteiger partial charge in [0.2, 0.25) is 11.8 Å². The number of nitrogens with zero attached hydrogens (tertiary/aromatic N) is 3. The van der Waals surface area contributed by atoms with E-state index < -0.39 is 10.0 Å². The molecule has 3 aromatic carbocycles. The fraction of sp³-hybridized carbons (Fsp3) is 0.389. The van der Waals surface area contributed by atoms with Crippen LogP contribution < -0.4 is 9.46 Å². The molecule has 0 saturated heterocycles. The molecule has 0 amide bonds. The standard InChI is InChI=1S/C36H42N4O3S/c1-22(2)16-31-34-29-15-14-27(36(5,6)7)18-26(29)21-40(31)20-25-12-9-13-28(17-25)44(41,42)39-35-37-30(19-32(38-35)43-34)33-23(3)10-8-11-24(33)4/h8-15,17-19,22,31,34H,16,20-21H2,1-7H3,(H,37,38,39)/t31-,34-/m1/s1. The molecular weight excluding hydrogens is 568 g/mol. The third-order valence-electron chi connectivity index (χ3n) is 8.73. The van der Waals surface area contributed by atoms with Crippen LogP contribution in [0.2, 0.25) is 0 Å². The summed E-state index contributed by atoms with van der Waals surface area (Å²) in [5.74, 6) is 0.744. The Bertz CT molecular complexity index is 1810. The number of ether oxygens (including phenoxy) is 1. The predicted octanol–water partition coefficient (Wildman–Crippen LogP) is 7.72. The van der Waals surface area contributed by atoms with Gasteiger partial charge in [-0.25, -0.2) is 18.1 Å². The van der Waals surface area contributed by atoms with Crippen LogP contribution >= 0.6 is 0 Å². The Morgan fingerprint density at radius 2 is 1.68 bits per heavy atom. The molecule has 1 aromatic heterocycles. The lowest BCUT2D eigenvalue weighted by atomic mass is 9.81. The van der Waals surface area contributed by atoms with Crippen molar-refractivity contribution in [1.82, 2.24) is 14.9 Å². The highest BCUT2D eigenvalue weighted by Gasteiger charge is 2.38. The number of nitrogens with one attached hydrogen (secondary N) is 1. The monoisotopic (exact) mass is 610 g/mol. The van der Waals surface area contributed by atoms with Gasteiger partial charge in [-0.3, -0.25) is 4.90 Å². The van der Waals surface area contributed by atoms with Gasteiger partial charge in [0.25, 0.3) is 10.0 Å². The maximum Gasteiger partial charge on any atom is 0.264 e. The smallest absolute Gasteiger partial charge is 0.264 e. The third kappa shape index (κ3) is 5.97. The minimum Gasteiger partial charge on any atom is -0.468 e. The number of hydrogen-bond donors (Lipinski definition) is 1. The number of aryl methyl sites for hydroxylation is 2. The number of benzene rings is 3. The maximum absolute atomic E-state index is 13.7. The van der Waals surface area contributed by atoms with Crippen molar-refractivity contribution in [3.05, 3.63) is 100 Å². The molecule has 0 fully saturated rings. The first kappa shape index (κ1) is 30.3. The largest absolute Gasteiger partial charge is 0.468 e. The van der Waals surface area contributed by atoms with Gasteiger partial charge in [0, 0.05) is 24.7 Å². The summed E-state index contributed by atoms with van der Waals surface area (Å²) >= 11 is 0. The van der Waals surface area contributed by atoms with E-state index in [0.717, 1.165) is 40.8 Å². The van der Waals surface area contributed by atoms with Crippen LogP contribution in [0.3, 0.4) is 0 Å². The topological polar surface area (TPSA) is 84.4 Å². The molecule has 0 spiro atoms. The highest BCUT2D eigenvalue weighted by molar-refractivity contribution is 7.92. The SMILES string of the molecule is Cc1cccc(C)c1-c1cc2nc(n1)NS(=O)(=O)c1cccc(c1)CN1Cc3cc(C(C)(C)C)ccc3[C@@H](O2)[C@H]1CC(C)C. The second-order valence-electron chi connectivity index (χ2n) is 13.7. The van der Waals surface area contributed by atoms with Crippen LogP contribution in [0.25, 0.3) is 11.3 Å². The van der Waals surface area contributed by atoms with E-state index in [-0.39, 0.29) is 28.4 Å². The molecule has 6 rings (SSSR count). The van der Waals surface area contributed by atoms with E-state index in [1.54, 1.807) is 12.1 Å². The van der Waals surface area contributed by atoms with Crippen molar-refractivity contribution < 1.29 is 13.2 Å². The molecule has 4 aromatic rings. The predicted molar refractivity (Wildman–Crippen MR) is 175 cm³/mol. The van der Waals surface area contributed by atoms with Crippen molar-refractivity contribution in [2.75, 3.05) is 4.72 Å². The van der Waals surface area contributed by atoms with Gasteiger partial charge >= 0.3 is 0 Å². The number of sulfonamides is 1. The van der Waals surface area contributed by atoms with E-state index in [9.17, 15) is 8.42 Å². The van der Waals surface area contributed by atoms with Crippen LogP contribution in [0, 0.1) is 19.8 Å². The fourth-order valence-corrected chi connectivity index (χ4v) is 7.54. The molecule has 1 N–H and O–H groups in total. The molecule has 7 nitrogen and oxygen atoms in total. The molecule has 3 heterocycles. The van der Waals surface area contributed by atoms with Crippen LogP contribution in [0.1, 0.15) is 80.5 Å². The lowest BCUT2D eigenvalue weighted by molar-refractivity contribution is 0.0247. The van der Waals surface area contributed by atoms with Crippen molar-refractivity contribution in [3.8, 4) is 17.1 Å². The van der Waals surface area contributed by atoms with Crippen LogP contribution in [-0.2, 0) is 28.5 Å². The summed E-state index contributed by atoms with van der Waals surface area (Å²) in [5.41, 5.74) is 8.20. The van der Waals surface area contributed by atoms with Gasteiger partial charge in [-0.05, 0) is 77.1 Å². The molecule has 6 bridgehead atoms. The number of fused-ring (bicyclic) bond motifs is 8. The Morgan fingerprint density at radius 1 is 0.955 bits per heavy atom. The summed E-state index contributed by atoms with van der Waals surface area (Å²) in [6, 6.07) is 21.9. The van der Waals surface area contributed by atoms with Crippen LogP contribution in [0.4, 0.5) is 5.95 Å². The number of rotatable bonds is 3. The summed E-state index contributed by atoms with van der Waals surface area (Å²) < 4.78 is 36.9. The minimum absolute atomic E-state index is 0.0000311. The molecule has 2 aliphatic heterocycles. The molecule has 8 heteroatoms. The summed E-state index contributed by atoms with van der Waals surface area (Å²) in [7, 11) is -3.96.